The number of hydrogen-bond acceptors (Lipinski definition) is 3. The maximum atomic E-state index is 12.1. The Kier molecular flexibility index (Phi) is 3.86. The SMILES string of the molecule is O=C(NCC1CN2CCN1CC2)c1cccc(Br)c1. The van der Waals surface area contributed by atoms with Crippen molar-refractivity contribution >= 4 is 21.8 Å². The predicted octanol–water partition coefficient (Wildman–Crippen LogP) is 1.18. The number of nitrogens with one attached hydrogen (secondary N) is 1. The van der Waals surface area contributed by atoms with Crippen LogP contribution in [0.25, 0.3) is 0 Å². The van der Waals surface area contributed by atoms with Gasteiger partial charge in [-0.3, -0.25) is 14.6 Å². The molecule has 3 saturated heterocycles. The van der Waals surface area contributed by atoms with Crippen LogP contribution in [0, 0.1) is 0 Å². The van der Waals surface area contributed by atoms with Gasteiger partial charge in [0, 0.05) is 55.3 Å². The van der Waals surface area contributed by atoms with Crippen LogP contribution in [0.1, 0.15) is 10.4 Å². The van der Waals surface area contributed by atoms with Gasteiger partial charge < -0.3 is 5.32 Å². The molecule has 3 aliphatic heterocycles. The first-order valence-corrected chi connectivity index (χ1v) is 7.52. The molecule has 1 amide bonds. The number of rotatable bonds is 3. The first kappa shape index (κ1) is 13.1. The third-order valence-corrected chi connectivity index (χ3v) is 4.47. The van der Waals surface area contributed by atoms with E-state index in [0.717, 1.165) is 30.7 Å². The van der Waals surface area contributed by atoms with E-state index in [1.807, 2.05) is 24.3 Å². The highest BCUT2D eigenvalue weighted by atomic mass is 79.9. The number of hydrogen-bond donors (Lipinski definition) is 1. The van der Waals surface area contributed by atoms with Gasteiger partial charge in [0.1, 0.15) is 0 Å². The first-order valence-electron chi connectivity index (χ1n) is 6.72. The van der Waals surface area contributed by atoms with Crippen molar-refractivity contribution in [3.05, 3.63) is 34.3 Å². The van der Waals surface area contributed by atoms with Crippen LogP contribution < -0.4 is 5.32 Å². The van der Waals surface area contributed by atoms with E-state index in [1.165, 1.54) is 13.1 Å². The zero-order valence-electron chi connectivity index (χ0n) is 10.8. The molecule has 1 unspecified atom stereocenters. The van der Waals surface area contributed by atoms with E-state index >= 15 is 0 Å². The van der Waals surface area contributed by atoms with Gasteiger partial charge in [-0.25, -0.2) is 0 Å². The number of amides is 1. The molecule has 102 valence electrons. The molecule has 19 heavy (non-hydrogen) atoms. The monoisotopic (exact) mass is 323 g/mol. The molecule has 2 bridgehead atoms. The summed E-state index contributed by atoms with van der Waals surface area (Å²) in [5.41, 5.74) is 0.714. The second-order valence-electron chi connectivity index (χ2n) is 5.21. The highest BCUT2D eigenvalue weighted by Gasteiger charge is 2.31. The Labute approximate surface area is 121 Å². The summed E-state index contributed by atoms with van der Waals surface area (Å²) in [6, 6.07) is 7.98. The largest absolute Gasteiger partial charge is 0.350 e. The molecule has 1 aromatic carbocycles. The van der Waals surface area contributed by atoms with Gasteiger partial charge in [-0.05, 0) is 18.2 Å². The van der Waals surface area contributed by atoms with Crippen molar-refractivity contribution in [3.63, 3.8) is 0 Å². The van der Waals surface area contributed by atoms with E-state index in [9.17, 15) is 4.79 Å². The van der Waals surface area contributed by atoms with Crippen molar-refractivity contribution in [1.82, 2.24) is 15.1 Å². The average molecular weight is 324 g/mol. The summed E-state index contributed by atoms with van der Waals surface area (Å²) in [6.07, 6.45) is 0. The molecular weight excluding hydrogens is 306 g/mol. The van der Waals surface area contributed by atoms with Gasteiger partial charge in [-0.15, -0.1) is 0 Å². The minimum absolute atomic E-state index is 0.0129. The molecule has 0 spiro atoms. The van der Waals surface area contributed by atoms with Gasteiger partial charge in [0.05, 0.1) is 0 Å². The summed E-state index contributed by atoms with van der Waals surface area (Å²) < 4.78 is 0.937. The van der Waals surface area contributed by atoms with E-state index in [-0.39, 0.29) is 5.91 Å². The van der Waals surface area contributed by atoms with Gasteiger partial charge in [0.25, 0.3) is 5.91 Å². The third kappa shape index (κ3) is 2.99. The summed E-state index contributed by atoms with van der Waals surface area (Å²) in [6.45, 7) is 6.45. The van der Waals surface area contributed by atoms with Gasteiger partial charge in [0.15, 0.2) is 0 Å². The Morgan fingerprint density at radius 1 is 1.32 bits per heavy atom. The minimum Gasteiger partial charge on any atom is -0.350 e. The molecule has 4 nitrogen and oxygen atoms in total. The van der Waals surface area contributed by atoms with Crippen LogP contribution in [0.4, 0.5) is 0 Å². The van der Waals surface area contributed by atoms with Crippen LogP contribution >= 0.6 is 15.9 Å². The minimum atomic E-state index is 0.0129. The number of carbonyl (C=O) groups excluding carboxylic acids is 1. The maximum Gasteiger partial charge on any atom is 0.251 e. The number of nitrogens with zero attached hydrogens (tertiary/aromatic N) is 2. The molecule has 0 saturated carbocycles. The third-order valence-electron chi connectivity index (χ3n) is 3.98. The first-order chi connectivity index (χ1) is 9.22. The molecule has 3 aliphatic rings. The number of fused-ring (bicyclic) bond motifs is 3. The van der Waals surface area contributed by atoms with E-state index in [2.05, 4.69) is 31.0 Å². The van der Waals surface area contributed by atoms with Gasteiger partial charge in [-0.1, -0.05) is 22.0 Å². The highest BCUT2D eigenvalue weighted by Crippen LogP contribution is 2.15. The maximum absolute atomic E-state index is 12.1. The zero-order valence-corrected chi connectivity index (χ0v) is 12.4. The summed E-state index contributed by atoms with van der Waals surface area (Å²) in [5, 5.41) is 3.05. The van der Waals surface area contributed by atoms with Crippen LogP contribution in [0.15, 0.2) is 28.7 Å². The molecule has 3 fully saturated rings. The number of halogens is 1. The van der Waals surface area contributed by atoms with Crippen molar-refractivity contribution < 1.29 is 4.79 Å². The van der Waals surface area contributed by atoms with Crippen molar-refractivity contribution in [2.75, 3.05) is 39.3 Å². The van der Waals surface area contributed by atoms with Gasteiger partial charge in [0.2, 0.25) is 0 Å². The van der Waals surface area contributed by atoms with Crippen molar-refractivity contribution in [2.45, 2.75) is 6.04 Å². The molecular formula is C14H18BrN3O. The fourth-order valence-electron chi connectivity index (χ4n) is 2.86. The standard InChI is InChI=1S/C14H18BrN3O/c15-12-3-1-2-11(8-12)14(19)16-9-13-10-17-4-6-18(13)7-5-17/h1-3,8,13H,4-7,9-10H2,(H,16,19). The van der Waals surface area contributed by atoms with Crippen LogP contribution in [-0.2, 0) is 0 Å². The fraction of sp³-hybridized carbons (Fsp3) is 0.500. The molecule has 1 atom stereocenters. The highest BCUT2D eigenvalue weighted by molar-refractivity contribution is 9.10. The van der Waals surface area contributed by atoms with Crippen LogP contribution in [0.2, 0.25) is 0 Å². The van der Waals surface area contributed by atoms with Crippen LogP contribution in [0.3, 0.4) is 0 Å². The lowest BCUT2D eigenvalue weighted by Crippen LogP contribution is -2.63. The van der Waals surface area contributed by atoms with Crippen molar-refractivity contribution in [1.29, 1.82) is 0 Å². The molecule has 1 aromatic rings. The van der Waals surface area contributed by atoms with Gasteiger partial charge in [-0.2, -0.15) is 0 Å². The summed E-state index contributed by atoms with van der Waals surface area (Å²) in [4.78, 5) is 17.1. The summed E-state index contributed by atoms with van der Waals surface area (Å²) in [5.74, 6) is 0.0129. The summed E-state index contributed by atoms with van der Waals surface area (Å²) >= 11 is 3.39. The molecule has 5 heteroatoms. The molecule has 0 radical (unpaired) electrons. The lowest BCUT2D eigenvalue weighted by molar-refractivity contribution is 0.0138. The van der Waals surface area contributed by atoms with E-state index < -0.39 is 0 Å². The average Bonchev–Trinajstić information content (AvgIpc) is 2.46. The smallest absolute Gasteiger partial charge is 0.251 e. The Hall–Kier alpha value is -0.910. The molecule has 4 rings (SSSR count). The van der Waals surface area contributed by atoms with Crippen molar-refractivity contribution in [2.24, 2.45) is 0 Å². The molecule has 3 heterocycles. The normalized spacial score (nSPS) is 29.2. The lowest BCUT2D eigenvalue weighted by Gasteiger charge is -2.47. The van der Waals surface area contributed by atoms with Crippen LogP contribution in [-0.4, -0.2) is 61.0 Å². The number of carbonyl (C=O) groups is 1. The summed E-state index contributed by atoms with van der Waals surface area (Å²) in [7, 11) is 0. The van der Waals surface area contributed by atoms with Gasteiger partial charge >= 0.3 is 0 Å². The van der Waals surface area contributed by atoms with E-state index in [0.29, 0.717) is 11.6 Å². The Morgan fingerprint density at radius 3 is 2.74 bits per heavy atom. The van der Waals surface area contributed by atoms with Crippen molar-refractivity contribution in [3.8, 4) is 0 Å². The molecule has 0 aromatic heterocycles. The quantitative estimate of drug-likeness (QED) is 0.907. The Bertz CT molecular complexity index is 472. The number of benzene rings is 1. The molecule has 0 aliphatic carbocycles. The topological polar surface area (TPSA) is 35.6 Å². The second kappa shape index (κ2) is 5.61. The van der Waals surface area contributed by atoms with Crippen LogP contribution in [0.5, 0.6) is 0 Å². The Morgan fingerprint density at radius 2 is 2.11 bits per heavy atom. The zero-order chi connectivity index (χ0) is 13.2. The van der Waals surface area contributed by atoms with E-state index in [1.54, 1.807) is 0 Å². The number of piperazine rings is 3. The molecule has 1 N–H and O–H groups in total. The fourth-order valence-corrected chi connectivity index (χ4v) is 3.26. The predicted molar refractivity (Wildman–Crippen MR) is 78.3 cm³/mol. The lowest BCUT2D eigenvalue weighted by atomic mass is 10.1. The van der Waals surface area contributed by atoms with E-state index in [4.69, 9.17) is 0 Å². The second-order valence-corrected chi connectivity index (χ2v) is 6.13. The Balaban J connectivity index is 1.56.